The maximum atomic E-state index is 13.1. The summed E-state index contributed by atoms with van der Waals surface area (Å²) in [5.41, 5.74) is 7.17. The van der Waals surface area contributed by atoms with Gasteiger partial charge in [-0.15, -0.1) is 5.10 Å². The summed E-state index contributed by atoms with van der Waals surface area (Å²) in [5, 5.41) is 4.38. The number of furan rings is 1. The number of carbonyl (C=O) groups is 1. The first-order valence-corrected chi connectivity index (χ1v) is 9.75. The Morgan fingerprint density at radius 3 is 2.44 bits per heavy atom. The van der Waals surface area contributed by atoms with Gasteiger partial charge in [0.1, 0.15) is 5.82 Å². The van der Waals surface area contributed by atoms with Crippen molar-refractivity contribution in [3.8, 4) is 11.6 Å². The molecule has 7 nitrogen and oxygen atoms in total. The van der Waals surface area contributed by atoms with E-state index < -0.39 is 0 Å². The van der Waals surface area contributed by atoms with E-state index in [1.807, 2.05) is 4.90 Å². The number of carbonyl (C=O) groups excluding carboxylic acids is 1. The molecule has 0 unspecified atom stereocenters. The van der Waals surface area contributed by atoms with Crippen LogP contribution >= 0.6 is 15.9 Å². The molecule has 0 fully saturated rings. The van der Waals surface area contributed by atoms with Gasteiger partial charge in [-0.1, -0.05) is 27.7 Å². The third kappa shape index (κ3) is 4.32. The standard InChI is InChI=1S/C19H24BrN5O2/c1-11(2)9-24(10-12(3)4)19(26)13-7-16(21)25-17(8-13)22-18(23-25)14-5-6-15(20)27-14/h5-8,11-12H,9-10,21H2,1-4H3. The Morgan fingerprint density at radius 1 is 1.22 bits per heavy atom. The zero-order valence-corrected chi connectivity index (χ0v) is 17.5. The molecule has 0 radical (unpaired) electrons. The van der Waals surface area contributed by atoms with Gasteiger partial charge in [-0.25, -0.2) is 4.98 Å². The zero-order valence-electron chi connectivity index (χ0n) is 15.9. The van der Waals surface area contributed by atoms with Gasteiger partial charge in [0.25, 0.3) is 5.91 Å². The second-order valence-electron chi connectivity index (χ2n) is 7.48. The Kier molecular flexibility index (Phi) is 5.55. The number of hydrogen-bond acceptors (Lipinski definition) is 5. The smallest absolute Gasteiger partial charge is 0.254 e. The highest BCUT2D eigenvalue weighted by Gasteiger charge is 2.21. The van der Waals surface area contributed by atoms with Crippen molar-refractivity contribution < 1.29 is 9.21 Å². The van der Waals surface area contributed by atoms with Crippen molar-refractivity contribution in [2.45, 2.75) is 27.7 Å². The largest absolute Gasteiger partial charge is 0.446 e. The highest BCUT2D eigenvalue weighted by molar-refractivity contribution is 9.10. The van der Waals surface area contributed by atoms with Gasteiger partial charge < -0.3 is 15.1 Å². The molecule has 3 aromatic rings. The number of hydrogen-bond donors (Lipinski definition) is 1. The highest BCUT2D eigenvalue weighted by atomic mass is 79.9. The first-order valence-electron chi connectivity index (χ1n) is 8.96. The molecule has 27 heavy (non-hydrogen) atoms. The predicted molar refractivity (Wildman–Crippen MR) is 108 cm³/mol. The van der Waals surface area contributed by atoms with Crippen molar-refractivity contribution in [3.05, 3.63) is 34.5 Å². The minimum absolute atomic E-state index is 0.0445. The first kappa shape index (κ1) is 19.4. The quantitative estimate of drug-likeness (QED) is 0.631. The molecule has 8 heteroatoms. The zero-order chi connectivity index (χ0) is 19.7. The number of nitrogen functional groups attached to an aromatic ring is 1. The van der Waals surface area contributed by atoms with Crippen molar-refractivity contribution in [3.63, 3.8) is 0 Å². The van der Waals surface area contributed by atoms with Crippen molar-refractivity contribution in [2.24, 2.45) is 11.8 Å². The van der Waals surface area contributed by atoms with E-state index >= 15 is 0 Å². The van der Waals surface area contributed by atoms with Gasteiger partial charge >= 0.3 is 0 Å². The average molecular weight is 434 g/mol. The van der Waals surface area contributed by atoms with Crippen LogP contribution in [0.3, 0.4) is 0 Å². The molecule has 3 heterocycles. The molecule has 0 aromatic carbocycles. The molecule has 144 valence electrons. The molecular weight excluding hydrogens is 410 g/mol. The molecule has 0 spiro atoms. The molecule has 0 saturated heterocycles. The lowest BCUT2D eigenvalue weighted by Crippen LogP contribution is -2.37. The highest BCUT2D eigenvalue weighted by Crippen LogP contribution is 2.24. The molecule has 0 aliphatic heterocycles. The Labute approximate surface area is 166 Å². The van der Waals surface area contributed by atoms with Crippen LogP contribution in [0.2, 0.25) is 0 Å². The van der Waals surface area contributed by atoms with E-state index in [0.29, 0.717) is 58.2 Å². The monoisotopic (exact) mass is 433 g/mol. The number of nitrogens with zero attached hydrogens (tertiary/aromatic N) is 4. The lowest BCUT2D eigenvalue weighted by Gasteiger charge is -2.26. The van der Waals surface area contributed by atoms with Crippen LogP contribution in [0.5, 0.6) is 0 Å². The Hall–Kier alpha value is -2.35. The lowest BCUT2D eigenvalue weighted by molar-refractivity contribution is 0.0715. The number of nitrogens with two attached hydrogens (primary N) is 1. The minimum atomic E-state index is -0.0445. The summed E-state index contributed by atoms with van der Waals surface area (Å²) < 4.78 is 7.61. The number of amides is 1. The molecule has 0 aliphatic carbocycles. The molecule has 1 amide bonds. The number of anilines is 1. The molecular formula is C19H24BrN5O2. The van der Waals surface area contributed by atoms with Crippen molar-refractivity contribution in [1.82, 2.24) is 19.5 Å². The molecule has 3 rings (SSSR count). The fourth-order valence-electron chi connectivity index (χ4n) is 2.98. The van der Waals surface area contributed by atoms with Gasteiger partial charge in [0, 0.05) is 18.7 Å². The van der Waals surface area contributed by atoms with Gasteiger partial charge in [-0.2, -0.15) is 4.52 Å². The summed E-state index contributed by atoms with van der Waals surface area (Å²) >= 11 is 3.27. The first-order chi connectivity index (χ1) is 12.7. The summed E-state index contributed by atoms with van der Waals surface area (Å²) in [4.78, 5) is 19.4. The number of halogens is 1. The molecule has 0 atom stereocenters. The third-order valence-corrected chi connectivity index (χ3v) is 4.39. The van der Waals surface area contributed by atoms with E-state index in [1.54, 1.807) is 24.3 Å². The van der Waals surface area contributed by atoms with Gasteiger partial charge in [0.05, 0.1) is 0 Å². The fourth-order valence-corrected chi connectivity index (χ4v) is 3.28. The summed E-state index contributed by atoms with van der Waals surface area (Å²) in [6.07, 6.45) is 0. The van der Waals surface area contributed by atoms with Crippen LogP contribution in [0.15, 0.2) is 33.4 Å². The molecule has 0 aliphatic rings. The van der Waals surface area contributed by atoms with E-state index in [1.165, 1.54) is 4.52 Å². The van der Waals surface area contributed by atoms with Crippen LogP contribution in [0.1, 0.15) is 38.1 Å². The summed E-state index contributed by atoms with van der Waals surface area (Å²) in [5.74, 6) is 2.01. The van der Waals surface area contributed by atoms with Crippen molar-refractivity contribution >= 4 is 33.3 Å². The van der Waals surface area contributed by atoms with E-state index in [-0.39, 0.29) is 5.91 Å². The van der Waals surface area contributed by atoms with Gasteiger partial charge in [-0.05, 0) is 52.0 Å². The molecule has 2 N–H and O–H groups in total. The van der Waals surface area contributed by atoms with Gasteiger partial charge in [0.2, 0.25) is 5.82 Å². The van der Waals surface area contributed by atoms with Crippen molar-refractivity contribution in [1.29, 1.82) is 0 Å². The van der Waals surface area contributed by atoms with E-state index in [9.17, 15) is 4.79 Å². The maximum Gasteiger partial charge on any atom is 0.254 e. The van der Waals surface area contributed by atoms with Crippen LogP contribution < -0.4 is 5.73 Å². The number of fused-ring (bicyclic) bond motifs is 1. The summed E-state index contributed by atoms with van der Waals surface area (Å²) in [6, 6.07) is 6.92. The topological polar surface area (TPSA) is 89.7 Å². The van der Waals surface area contributed by atoms with Crippen LogP contribution in [-0.2, 0) is 0 Å². The van der Waals surface area contributed by atoms with Crippen molar-refractivity contribution in [2.75, 3.05) is 18.8 Å². The minimum Gasteiger partial charge on any atom is -0.446 e. The fraction of sp³-hybridized carbons (Fsp3) is 0.421. The second-order valence-corrected chi connectivity index (χ2v) is 8.26. The second kappa shape index (κ2) is 7.72. The Balaban J connectivity index is 1.97. The summed E-state index contributed by atoms with van der Waals surface area (Å²) in [6.45, 7) is 9.80. The van der Waals surface area contributed by atoms with Gasteiger partial charge in [-0.3, -0.25) is 4.79 Å². The normalized spacial score (nSPS) is 11.7. The predicted octanol–water partition coefficient (Wildman–Crippen LogP) is 4.09. The Morgan fingerprint density at radius 2 is 1.89 bits per heavy atom. The number of aromatic nitrogens is 3. The van der Waals surface area contributed by atoms with Crippen LogP contribution in [0.25, 0.3) is 17.2 Å². The van der Waals surface area contributed by atoms with Gasteiger partial charge in [0.15, 0.2) is 16.1 Å². The molecule has 3 aromatic heterocycles. The van der Waals surface area contributed by atoms with Crippen LogP contribution in [-0.4, -0.2) is 38.5 Å². The third-order valence-electron chi connectivity index (χ3n) is 3.96. The van der Waals surface area contributed by atoms with E-state index in [4.69, 9.17) is 10.2 Å². The number of pyridine rings is 1. The molecule has 0 bridgehead atoms. The Bertz CT molecular complexity index is 950. The van der Waals surface area contributed by atoms with E-state index in [2.05, 4.69) is 53.7 Å². The van der Waals surface area contributed by atoms with Crippen LogP contribution in [0, 0.1) is 11.8 Å². The summed E-state index contributed by atoms with van der Waals surface area (Å²) in [7, 11) is 0. The maximum absolute atomic E-state index is 13.1. The lowest BCUT2D eigenvalue weighted by atomic mass is 10.1. The SMILES string of the molecule is CC(C)CN(CC(C)C)C(=O)c1cc(N)n2nc(-c3ccc(Br)o3)nc2c1. The van der Waals surface area contributed by atoms with E-state index in [0.717, 1.165) is 0 Å². The molecule has 0 saturated carbocycles. The average Bonchev–Trinajstić information content (AvgIpc) is 3.18. The van der Waals surface area contributed by atoms with Crippen LogP contribution in [0.4, 0.5) is 5.82 Å². The number of rotatable bonds is 6.